The number of para-hydroxylation sites is 1. The molecule has 4 heteroatoms. The van der Waals surface area contributed by atoms with Crippen LogP contribution >= 0.6 is 0 Å². The van der Waals surface area contributed by atoms with Gasteiger partial charge in [0.15, 0.2) is 0 Å². The SMILES string of the molecule is Cc1ccc(CN(C)C(=O)CC[C@@H]2Cc3ccccc3NC2=O)c(C)c1. The number of nitrogens with zero attached hydrogens (tertiary/aromatic N) is 1. The van der Waals surface area contributed by atoms with E-state index in [1.165, 1.54) is 11.1 Å². The minimum absolute atomic E-state index is 0.0218. The first-order chi connectivity index (χ1) is 12.4. The van der Waals surface area contributed by atoms with Gasteiger partial charge in [0.1, 0.15) is 0 Å². The van der Waals surface area contributed by atoms with E-state index >= 15 is 0 Å². The second-order valence-corrected chi connectivity index (χ2v) is 7.27. The molecule has 0 aromatic heterocycles. The largest absolute Gasteiger partial charge is 0.341 e. The van der Waals surface area contributed by atoms with Gasteiger partial charge in [-0.1, -0.05) is 42.0 Å². The fraction of sp³-hybridized carbons (Fsp3) is 0.364. The van der Waals surface area contributed by atoms with Crippen molar-refractivity contribution in [2.45, 2.75) is 39.7 Å². The van der Waals surface area contributed by atoms with Gasteiger partial charge >= 0.3 is 0 Å². The van der Waals surface area contributed by atoms with E-state index in [1.54, 1.807) is 4.90 Å². The molecule has 1 aliphatic heterocycles. The summed E-state index contributed by atoms with van der Waals surface area (Å²) in [7, 11) is 1.83. The van der Waals surface area contributed by atoms with Gasteiger partial charge in [-0.3, -0.25) is 9.59 Å². The molecule has 0 unspecified atom stereocenters. The number of amides is 2. The molecular weight excluding hydrogens is 324 g/mol. The van der Waals surface area contributed by atoms with Gasteiger partial charge in [0, 0.05) is 31.6 Å². The van der Waals surface area contributed by atoms with Crippen LogP contribution in [-0.2, 0) is 22.6 Å². The Morgan fingerprint density at radius 3 is 2.73 bits per heavy atom. The maximum absolute atomic E-state index is 12.5. The van der Waals surface area contributed by atoms with Gasteiger partial charge in [-0.05, 0) is 49.4 Å². The molecule has 0 aliphatic carbocycles. The number of hydrogen-bond acceptors (Lipinski definition) is 2. The molecule has 0 saturated carbocycles. The van der Waals surface area contributed by atoms with Crippen LogP contribution in [0.2, 0.25) is 0 Å². The van der Waals surface area contributed by atoms with Crippen LogP contribution in [-0.4, -0.2) is 23.8 Å². The quantitative estimate of drug-likeness (QED) is 0.890. The highest BCUT2D eigenvalue weighted by molar-refractivity contribution is 5.96. The number of rotatable bonds is 5. The molecule has 1 atom stereocenters. The van der Waals surface area contributed by atoms with Crippen molar-refractivity contribution < 1.29 is 9.59 Å². The molecule has 0 bridgehead atoms. The van der Waals surface area contributed by atoms with E-state index in [1.807, 2.05) is 31.3 Å². The zero-order valence-electron chi connectivity index (χ0n) is 15.7. The smallest absolute Gasteiger partial charge is 0.227 e. The van der Waals surface area contributed by atoms with Crippen LogP contribution in [0.5, 0.6) is 0 Å². The number of carbonyl (C=O) groups excluding carboxylic acids is 2. The minimum Gasteiger partial charge on any atom is -0.341 e. The van der Waals surface area contributed by atoms with E-state index in [4.69, 9.17) is 0 Å². The van der Waals surface area contributed by atoms with Gasteiger partial charge in [-0.2, -0.15) is 0 Å². The van der Waals surface area contributed by atoms with Gasteiger partial charge in [-0.15, -0.1) is 0 Å². The van der Waals surface area contributed by atoms with Gasteiger partial charge in [0.05, 0.1) is 0 Å². The molecule has 2 aromatic carbocycles. The molecule has 1 N–H and O–H groups in total. The normalized spacial score (nSPS) is 16.0. The molecule has 2 amide bonds. The molecule has 1 heterocycles. The Bertz CT molecular complexity index is 829. The summed E-state index contributed by atoms with van der Waals surface area (Å²) in [6.07, 6.45) is 1.67. The summed E-state index contributed by atoms with van der Waals surface area (Å²) in [6, 6.07) is 14.2. The number of hydrogen-bond donors (Lipinski definition) is 1. The van der Waals surface area contributed by atoms with Crippen molar-refractivity contribution in [2.24, 2.45) is 5.92 Å². The molecule has 136 valence electrons. The maximum Gasteiger partial charge on any atom is 0.227 e. The first kappa shape index (κ1) is 18.2. The monoisotopic (exact) mass is 350 g/mol. The van der Waals surface area contributed by atoms with E-state index in [0.29, 0.717) is 25.8 Å². The summed E-state index contributed by atoms with van der Waals surface area (Å²) in [5, 5.41) is 2.95. The van der Waals surface area contributed by atoms with Crippen LogP contribution in [0.4, 0.5) is 5.69 Å². The molecule has 0 saturated heterocycles. The van der Waals surface area contributed by atoms with Gasteiger partial charge in [0.25, 0.3) is 0 Å². The van der Waals surface area contributed by atoms with Crippen molar-refractivity contribution >= 4 is 17.5 Å². The van der Waals surface area contributed by atoms with Crippen molar-refractivity contribution in [1.82, 2.24) is 4.90 Å². The third kappa shape index (κ3) is 4.13. The Morgan fingerprint density at radius 1 is 1.19 bits per heavy atom. The Hall–Kier alpha value is -2.62. The summed E-state index contributed by atoms with van der Waals surface area (Å²) in [5.74, 6) is -0.0338. The van der Waals surface area contributed by atoms with Gasteiger partial charge in [-0.25, -0.2) is 0 Å². The number of carbonyl (C=O) groups is 2. The van der Waals surface area contributed by atoms with E-state index in [9.17, 15) is 9.59 Å². The van der Waals surface area contributed by atoms with Crippen molar-refractivity contribution in [3.63, 3.8) is 0 Å². The van der Waals surface area contributed by atoms with Crippen molar-refractivity contribution in [2.75, 3.05) is 12.4 Å². The third-order valence-electron chi connectivity index (χ3n) is 5.15. The van der Waals surface area contributed by atoms with E-state index in [0.717, 1.165) is 16.8 Å². The molecular formula is C22H26N2O2. The van der Waals surface area contributed by atoms with Crippen LogP contribution in [0.3, 0.4) is 0 Å². The molecule has 3 rings (SSSR count). The lowest BCUT2D eigenvalue weighted by Crippen LogP contribution is -2.32. The highest BCUT2D eigenvalue weighted by Crippen LogP contribution is 2.27. The van der Waals surface area contributed by atoms with Crippen LogP contribution in [0, 0.1) is 19.8 Å². The Labute approximate surface area is 155 Å². The molecule has 2 aromatic rings. The fourth-order valence-corrected chi connectivity index (χ4v) is 3.50. The standard InChI is InChI=1S/C22H26N2O2/c1-15-8-9-19(16(2)12-15)14-24(3)21(25)11-10-18-13-17-6-4-5-7-20(17)23-22(18)26/h4-9,12,18H,10-11,13-14H2,1-3H3,(H,23,26)/t18-/m1/s1. The first-order valence-corrected chi connectivity index (χ1v) is 9.13. The topological polar surface area (TPSA) is 49.4 Å². The predicted molar refractivity (Wildman–Crippen MR) is 104 cm³/mol. The van der Waals surface area contributed by atoms with Crippen molar-refractivity contribution in [3.05, 3.63) is 64.7 Å². The summed E-state index contributed by atoms with van der Waals surface area (Å²) in [6.45, 7) is 4.74. The second-order valence-electron chi connectivity index (χ2n) is 7.27. The lowest BCUT2D eigenvalue weighted by Gasteiger charge is -2.25. The zero-order valence-corrected chi connectivity index (χ0v) is 15.7. The van der Waals surface area contributed by atoms with Crippen LogP contribution < -0.4 is 5.32 Å². The number of nitrogens with one attached hydrogen (secondary N) is 1. The summed E-state index contributed by atoms with van der Waals surface area (Å²) >= 11 is 0. The van der Waals surface area contributed by atoms with Crippen LogP contribution in [0.1, 0.15) is 35.1 Å². The lowest BCUT2D eigenvalue weighted by molar-refractivity contribution is -0.131. The average Bonchev–Trinajstić information content (AvgIpc) is 2.61. The van der Waals surface area contributed by atoms with E-state index < -0.39 is 0 Å². The van der Waals surface area contributed by atoms with E-state index in [-0.39, 0.29) is 17.7 Å². The van der Waals surface area contributed by atoms with Crippen LogP contribution in [0.25, 0.3) is 0 Å². The maximum atomic E-state index is 12.5. The minimum atomic E-state index is -0.136. The highest BCUT2D eigenvalue weighted by Gasteiger charge is 2.26. The van der Waals surface area contributed by atoms with Gasteiger partial charge < -0.3 is 10.2 Å². The average molecular weight is 350 g/mol. The lowest BCUT2D eigenvalue weighted by atomic mass is 9.89. The van der Waals surface area contributed by atoms with Crippen molar-refractivity contribution in [3.8, 4) is 0 Å². The first-order valence-electron chi connectivity index (χ1n) is 9.13. The molecule has 0 radical (unpaired) electrons. The Morgan fingerprint density at radius 2 is 1.96 bits per heavy atom. The molecule has 1 aliphatic rings. The predicted octanol–water partition coefficient (Wildman–Crippen LogP) is 3.85. The molecule has 0 fully saturated rings. The second kappa shape index (κ2) is 7.73. The van der Waals surface area contributed by atoms with Gasteiger partial charge in [0.2, 0.25) is 11.8 Å². The third-order valence-corrected chi connectivity index (χ3v) is 5.15. The number of anilines is 1. The molecule has 0 spiro atoms. The summed E-state index contributed by atoms with van der Waals surface area (Å²) in [5.41, 5.74) is 5.63. The van der Waals surface area contributed by atoms with E-state index in [2.05, 4.69) is 37.4 Å². The number of benzene rings is 2. The summed E-state index contributed by atoms with van der Waals surface area (Å²) < 4.78 is 0. The Balaban J connectivity index is 1.56. The Kier molecular flexibility index (Phi) is 5.40. The highest BCUT2D eigenvalue weighted by atomic mass is 16.2. The van der Waals surface area contributed by atoms with Crippen molar-refractivity contribution in [1.29, 1.82) is 0 Å². The molecule has 26 heavy (non-hydrogen) atoms. The number of aryl methyl sites for hydroxylation is 2. The summed E-state index contributed by atoms with van der Waals surface area (Å²) in [4.78, 5) is 26.5. The van der Waals surface area contributed by atoms with Crippen LogP contribution in [0.15, 0.2) is 42.5 Å². The fourth-order valence-electron chi connectivity index (χ4n) is 3.50. The zero-order chi connectivity index (χ0) is 18.7. The number of fused-ring (bicyclic) bond motifs is 1. The molecule has 4 nitrogen and oxygen atoms in total.